The van der Waals surface area contributed by atoms with Crippen LogP contribution in [0.25, 0.3) is 10.8 Å². The van der Waals surface area contributed by atoms with Gasteiger partial charge in [0, 0.05) is 16.5 Å². The van der Waals surface area contributed by atoms with Crippen LogP contribution in [0.1, 0.15) is 31.8 Å². The van der Waals surface area contributed by atoms with Crippen molar-refractivity contribution in [3.63, 3.8) is 0 Å². The van der Waals surface area contributed by atoms with Crippen molar-refractivity contribution in [2.75, 3.05) is 12.5 Å². The van der Waals surface area contributed by atoms with Crippen molar-refractivity contribution in [1.82, 2.24) is 0 Å². The SMILES string of the molecule is CS(=O)(=O)Oc1ccc2ccc(OS(C)(=O)=O)c(C(=O)c3ccc(F)cc3)c2c1C(=O)c1ccc(F)cc1. The highest BCUT2D eigenvalue weighted by atomic mass is 32.2. The maximum absolute atomic E-state index is 13.7. The predicted octanol–water partition coefficient (Wildman–Crippen LogP) is 4.26. The molecule has 0 aliphatic carbocycles. The van der Waals surface area contributed by atoms with Crippen LogP contribution in [0.3, 0.4) is 0 Å². The maximum atomic E-state index is 13.7. The van der Waals surface area contributed by atoms with Gasteiger partial charge >= 0.3 is 20.2 Å². The molecule has 0 saturated carbocycles. The summed E-state index contributed by atoms with van der Waals surface area (Å²) in [6.07, 6.45) is 1.49. The second kappa shape index (κ2) is 9.95. The Labute approximate surface area is 216 Å². The zero-order valence-electron chi connectivity index (χ0n) is 19.8. The van der Waals surface area contributed by atoms with Crippen LogP contribution in [-0.4, -0.2) is 40.9 Å². The number of carbonyl (C=O) groups excluding carboxylic acids is 2. The molecule has 0 heterocycles. The molecule has 0 amide bonds. The third-order valence-electron chi connectivity index (χ3n) is 5.26. The fraction of sp³-hybridized carbons (Fsp3) is 0.0769. The number of halogens is 2. The molecule has 0 aliphatic rings. The number of rotatable bonds is 8. The van der Waals surface area contributed by atoms with Crippen molar-refractivity contribution in [1.29, 1.82) is 0 Å². The van der Waals surface area contributed by atoms with Crippen LogP contribution >= 0.6 is 0 Å². The summed E-state index contributed by atoms with van der Waals surface area (Å²) in [6, 6.07) is 13.8. The first-order valence-corrected chi connectivity index (χ1v) is 14.4. The minimum Gasteiger partial charge on any atom is -0.382 e. The molecule has 0 aliphatic heterocycles. The summed E-state index contributed by atoms with van der Waals surface area (Å²) in [4.78, 5) is 27.4. The van der Waals surface area contributed by atoms with E-state index in [1.807, 2.05) is 0 Å². The smallest absolute Gasteiger partial charge is 0.306 e. The number of ketones is 2. The number of benzene rings is 4. The molecule has 4 aromatic carbocycles. The summed E-state index contributed by atoms with van der Waals surface area (Å²) in [5.41, 5.74) is -0.980. The Hall–Kier alpha value is -4.16. The summed E-state index contributed by atoms with van der Waals surface area (Å²) in [6.45, 7) is 0. The average Bonchev–Trinajstić information content (AvgIpc) is 2.82. The Morgan fingerprint density at radius 1 is 0.579 bits per heavy atom. The van der Waals surface area contributed by atoms with E-state index in [9.17, 15) is 35.2 Å². The topological polar surface area (TPSA) is 121 Å². The van der Waals surface area contributed by atoms with Crippen molar-refractivity contribution < 1.29 is 43.6 Å². The lowest BCUT2D eigenvalue weighted by atomic mass is 9.89. The number of fused-ring (bicyclic) bond motifs is 1. The first-order valence-electron chi connectivity index (χ1n) is 10.7. The molecule has 0 bridgehead atoms. The van der Waals surface area contributed by atoms with Crippen molar-refractivity contribution in [2.45, 2.75) is 0 Å². The van der Waals surface area contributed by atoms with Crippen LogP contribution in [0.15, 0.2) is 72.8 Å². The fourth-order valence-electron chi connectivity index (χ4n) is 3.79. The Morgan fingerprint density at radius 3 is 1.24 bits per heavy atom. The van der Waals surface area contributed by atoms with Gasteiger partial charge in [-0.2, -0.15) is 16.8 Å². The molecule has 0 atom stereocenters. The van der Waals surface area contributed by atoms with Gasteiger partial charge in [0.1, 0.15) is 11.6 Å². The van der Waals surface area contributed by atoms with E-state index >= 15 is 0 Å². The molecule has 0 fully saturated rings. The molecule has 0 saturated heterocycles. The zero-order valence-corrected chi connectivity index (χ0v) is 21.4. The van der Waals surface area contributed by atoms with Gasteiger partial charge in [0.15, 0.2) is 23.1 Å². The van der Waals surface area contributed by atoms with Gasteiger partial charge in [-0.15, -0.1) is 0 Å². The molecule has 0 radical (unpaired) electrons. The average molecular weight is 561 g/mol. The number of hydrogen-bond acceptors (Lipinski definition) is 8. The highest BCUT2D eigenvalue weighted by Gasteiger charge is 2.28. The van der Waals surface area contributed by atoms with Gasteiger partial charge in [0.25, 0.3) is 0 Å². The lowest BCUT2D eigenvalue weighted by Gasteiger charge is -2.17. The third kappa shape index (κ3) is 5.87. The summed E-state index contributed by atoms with van der Waals surface area (Å²) in [5.74, 6) is -3.89. The van der Waals surface area contributed by atoms with Crippen molar-refractivity contribution >= 4 is 42.6 Å². The Morgan fingerprint density at radius 2 is 0.921 bits per heavy atom. The van der Waals surface area contributed by atoms with E-state index in [1.165, 1.54) is 24.3 Å². The normalized spacial score (nSPS) is 11.8. The molecule has 0 N–H and O–H groups in total. The Kier molecular flexibility index (Phi) is 7.04. The van der Waals surface area contributed by atoms with Gasteiger partial charge in [-0.05, 0) is 66.0 Å². The van der Waals surface area contributed by atoms with Crippen LogP contribution in [0.5, 0.6) is 11.5 Å². The van der Waals surface area contributed by atoms with Gasteiger partial charge in [-0.25, -0.2) is 8.78 Å². The standard InChI is InChI=1S/C26H18F2O8S2/c1-37(31,32)35-20-13-7-15-8-14-21(36-38(2,33)34)24(26(30)17-5-11-19(28)12-6-17)22(15)23(20)25(29)16-3-9-18(27)10-4-16/h3-14H,1-2H3. The second-order valence-electron chi connectivity index (χ2n) is 8.22. The second-order valence-corrected chi connectivity index (χ2v) is 11.4. The molecule has 8 nitrogen and oxygen atoms in total. The quantitative estimate of drug-likeness (QED) is 0.232. The van der Waals surface area contributed by atoms with Crippen LogP contribution in [-0.2, 0) is 20.2 Å². The van der Waals surface area contributed by atoms with Crippen LogP contribution < -0.4 is 8.37 Å². The molecular weight excluding hydrogens is 542 g/mol. The molecule has 38 heavy (non-hydrogen) atoms. The Bertz CT molecular complexity index is 1670. The van der Waals surface area contributed by atoms with E-state index in [-0.39, 0.29) is 21.9 Å². The highest BCUT2D eigenvalue weighted by molar-refractivity contribution is 7.86. The molecule has 12 heteroatoms. The molecular formula is C26H18F2O8S2. The van der Waals surface area contributed by atoms with Crippen molar-refractivity contribution in [2.24, 2.45) is 0 Å². The van der Waals surface area contributed by atoms with E-state index in [0.717, 1.165) is 61.0 Å². The zero-order chi connectivity index (χ0) is 27.8. The molecule has 196 valence electrons. The van der Waals surface area contributed by atoms with Gasteiger partial charge in [-0.3, -0.25) is 9.59 Å². The summed E-state index contributed by atoms with van der Waals surface area (Å²) < 4.78 is 85.3. The lowest BCUT2D eigenvalue weighted by Crippen LogP contribution is -2.15. The number of hydrogen-bond donors (Lipinski definition) is 0. The van der Waals surface area contributed by atoms with E-state index in [0.29, 0.717) is 0 Å². The van der Waals surface area contributed by atoms with Gasteiger partial charge < -0.3 is 8.37 Å². The monoisotopic (exact) mass is 560 g/mol. The molecule has 4 rings (SSSR count). The van der Waals surface area contributed by atoms with E-state index in [2.05, 4.69) is 0 Å². The summed E-state index contributed by atoms with van der Waals surface area (Å²) in [5, 5.41) is 0.0403. The maximum Gasteiger partial charge on any atom is 0.306 e. The minimum absolute atomic E-state index is 0.0770. The fourth-order valence-corrected chi connectivity index (χ4v) is 4.72. The van der Waals surface area contributed by atoms with E-state index in [4.69, 9.17) is 8.37 Å². The van der Waals surface area contributed by atoms with Crippen LogP contribution in [0.2, 0.25) is 0 Å². The first kappa shape index (κ1) is 26.9. The van der Waals surface area contributed by atoms with E-state index < -0.39 is 66.1 Å². The summed E-state index contributed by atoms with van der Waals surface area (Å²) >= 11 is 0. The van der Waals surface area contributed by atoms with E-state index in [1.54, 1.807) is 0 Å². The molecule has 0 unspecified atom stereocenters. The lowest BCUT2D eigenvalue weighted by molar-refractivity contribution is 0.103. The largest absolute Gasteiger partial charge is 0.382 e. The van der Waals surface area contributed by atoms with Gasteiger partial charge in [0.05, 0.1) is 23.6 Å². The molecule has 0 aromatic heterocycles. The molecule has 4 aromatic rings. The van der Waals surface area contributed by atoms with Crippen LogP contribution in [0.4, 0.5) is 8.78 Å². The van der Waals surface area contributed by atoms with Crippen LogP contribution in [0, 0.1) is 11.6 Å². The van der Waals surface area contributed by atoms with Gasteiger partial charge in [-0.1, -0.05) is 12.1 Å². The van der Waals surface area contributed by atoms with Crippen molar-refractivity contribution in [3.05, 3.63) is 107 Å². The third-order valence-corrected chi connectivity index (χ3v) is 6.22. The number of carbonyl (C=O) groups is 2. The molecule has 0 spiro atoms. The Balaban J connectivity index is 2.14. The van der Waals surface area contributed by atoms with Gasteiger partial charge in [0.2, 0.25) is 0 Å². The predicted molar refractivity (Wildman–Crippen MR) is 135 cm³/mol. The minimum atomic E-state index is -4.19. The highest BCUT2D eigenvalue weighted by Crippen LogP contribution is 2.39. The summed E-state index contributed by atoms with van der Waals surface area (Å²) in [7, 11) is -8.37. The first-order chi connectivity index (χ1) is 17.7. The van der Waals surface area contributed by atoms with Crippen molar-refractivity contribution in [3.8, 4) is 11.5 Å².